The van der Waals surface area contributed by atoms with Crippen LogP contribution in [0.1, 0.15) is 29.3 Å². The van der Waals surface area contributed by atoms with Gasteiger partial charge in [0, 0.05) is 0 Å². The second kappa shape index (κ2) is 7.70. The summed E-state index contributed by atoms with van der Waals surface area (Å²) in [5.74, 6) is -0.822. The molecule has 0 atom stereocenters. The van der Waals surface area contributed by atoms with Crippen LogP contribution in [-0.4, -0.2) is 51.2 Å². The van der Waals surface area contributed by atoms with Crippen LogP contribution in [0.2, 0.25) is 0 Å². The first-order chi connectivity index (χ1) is 6.15. The minimum absolute atomic E-state index is 0. The van der Waals surface area contributed by atoms with E-state index < -0.39 is 5.97 Å². The summed E-state index contributed by atoms with van der Waals surface area (Å²) < 4.78 is 0. The van der Waals surface area contributed by atoms with E-state index in [1.54, 1.807) is 0 Å². The average molecular weight is 222 g/mol. The average Bonchev–Trinajstić information content (AvgIpc) is 2.04. The number of hydrogen-bond acceptors (Lipinski definition) is 2. The van der Waals surface area contributed by atoms with E-state index in [4.69, 9.17) is 10.2 Å². The monoisotopic (exact) mass is 222 g/mol. The van der Waals surface area contributed by atoms with Crippen LogP contribution in [0.3, 0.4) is 0 Å². The van der Waals surface area contributed by atoms with Gasteiger partial charge in [-0.3, -0.25) is 0 Å². The van der Waals surface area contributed by atoms with Gasteiger partial charge in [-0.15, -0.1) is 0 Å². The standard InChI is InChI=1S/C10H12O3.Na.H2O.H/c1-2-3-7-6-8(11)4-5-9(7)10(12)13;;;/h4-6,11H,2-3H2,1H3,(H,12,13);;1H2;. The van der Waals surface area contributed by atoms with E-state index in [9.17, 15) is 4.79 Å². The Morgan fingerprint density at radius 3 is 2.47 bits per heavy atom. The summed E-state index contributed by atoms with van der Waals surface area (Å²) in [5.41, 5.74) is 0.967. The van der Waals surface area contributed by atoms with Gasteiger partial charge in [0.2, 0.25) is 0 Å². The zero-order chi connectivity index (χ0) is 9.84. The summed E-state index contributed by atoms with van der Waals surface area (Å²) in [5, 5.41) is 18.0. The van der Waals surface area contributed by atoms with E-state index in [2.05, 4.69) is 0 Å². The zero-order valence-corrected chi connectivity index (χ0v) is 7.95. The number of aryl methyl sites for hydroxylation is 1. The molecule has 0 aromatic heterocycles. The summed E-state index contributed by atoms with van der Waals surface area (Å²) in [4.78, 5) is 10.7. The summed E-state index contributed by atoms with van der Waals surface area (Å²) in [7, 11) is 0. The molecule has 0 amide bonds. The van der Waals surface area contributed by atoms with Crippen molar-refractivity contribution in [3.8, 4) is 5.75 Å². The van der Waals surface area contributed by atoms with Crippen LogP contribution < -0.4 is 0 Å². The third-order valence-electron chi connectivity index (χ3n) is 1.84. The van der Waals surface area contributed by atoms with Gasteiger partial charge in [0.25, 0.3) is 0 Å². The number of carboxylic acid groups (broad SMARTS) is 1. The SMILES string of the molecule is CCCc1cc(O)ccc1C(=O)O.O.[NaH]. The number of rotatable bonds is 3. The normalized spacial score (nSPS) is 8.60. The zero-order valence-electron chi connectivity index (χ0n) is 7.95. The Balaban J connectivity index is 0. The third kappa shape index (κ3) is 4.66. The molecule has 0 aliphatic heterocycles. The van der Waals surface area contributed by atoms with E-state index in [1.807, 2.05) is 6.92 Å². The minimum atomic E-state index is -0.941. The van der Waals surface area contributed by atoms with Crippen molar-refractivity contribution in [3.63, 3.8) is 0 Å². The molecule has 0 heterocycles. The maximum atomic E-state index is 10.7. The molecule has 0 aliphatic carbocycles. The Bertz CT molecular complexity index is 325. The molecule has 1 rings (SSSR count). The molecule has 5 heteroatoms. The molecule has 0 aliphatic rings. The predicted molar refractivity (Wildman–Crippen MR) is 59.8 cm³/mol. The van der Waals surface area contributed by atoms with Gasteiger partial charge >= 0.3 is 35.5 Å². The molecule has 0 fully saturated rings. The van der Waals surface area contributed by atoms with Gasteiger partial charge < -0.3 is 15.7 Å². The Morgan fingerprint density at radius 2 is 2.00 bits per heavy atom. The molecule has 1 aromatic carbocycles. The maximum absolute atomic E-state index is 10.7. The van der Waals surface area contributed by atoms with Crippen molar-refractivity contribution >= 4 is 35.5 Å². The molecule has 0 bridgehead atoms. The van der Waals surface area contributed by atoms with Crippen molar-refractivity contribution in [2.24, 2.45) is 0 Å². The molecule has 80 valence electrons. The molecule has 0 saturated carbocycles. The Labute approximate surface area is 111 Å². The third-order valence-corrected chi connectivity index (χ3v) is 1.84. The molecule has 15 heavy (non-hydrogen) atoms. The Morgan fingerprint density at radius 1 is 1.40 bits per heavy atom. The van der Waals surface area contributed by atoms with Crippen LogP contribution in [0.25, 0.3) is 0 Å². The van der Waals surface area contributed by atoms with Crippen LogP contribution in [0.4, 0.5) is 0 Å². The van der Waals surface area contributed by atoms with Crippen molar-refractivity contribution in [1.82, 2.24) is 0 Å². The van der Waals surface area contributed by atoms with Crippen LogP contribution >= 0.6 is 0 Å². The van der Waals surface area contributed by atoms with Gasteiger partial charge in [-0.1, -0.05) is 13.3 Å². The molecule has 0 radical (unpaired) electrons. The number of aromatic hydroxyl groups is 1. The van der Waals surface area contributed by atoms with E-state index in [0.717, 1.165) is 6.42 Å². The quantitative estimate of drug-likeness (QED) is 0.732. The number of carbonyl (C=O) groups is 1. The summed E-state index contributed by atoms with van der Waals surface area (Å²) >= 11 is 0. The summed E-state index contributed by atoms with van der Waals surface area (Å²) in [6.45, 7) is 1.97. The van der Waals surface area contributed by atoms with Crippen molar-refractivity contribution in [2.75, 3.05) is 0 Å². The van der Waals surface area contributed by atoms with Gasteiger partial charge in [-0.05, 0) is 30.2 Å². The number of phenols is 1. The predicted octanol–water partition coefficient (Wildman–Crippen LogP) is 0.570. The van der Waals surface area contributed by atoms with E-state index in [-0.39, 0.29) is 46.3 Å². The van der Waals surface area contributed by atoms with Crippen LogP contribution in [0.5, 0.6) is 5.75 Å². The van der Waals surface area contributed by atoms with Gasteiger partial charge in [0.15, 0.2) is 0 Å². The molecule has 4 nitrogen and oxygen atoms in total. The second-order valence-corrected chi connectivity index (χ2v) is 2.90. The Kier molecular flexibility index (Phi) is 8.66. The summed E-state index contributed by atoms with van der Waals surface area (Å²) in [6.07, 6.45) is 1.54. The van der Waals surface area contributed by atoms with Crippen molar-refractivity contribution in [1.29, 1.82) is 0 Å². The summed E-state index contributed by atoms with van der Waals surface area (Å²) in [6, 6.07) is 4.33. The first-order valence-corrected chi connectivity index (χ1v) is 4.20. The fourth-order valence-corrected chi connectivity index (χ4v) is 1.26. The number of benzene rings is 1. The number of hydrogen-bond donors (Lipinski definition) is 2. The first-order valence-electron chi connectivity index (χ1n) is 4.20. The molecule has 0 unspecified atom stereocenters. The molecule has 0 spiro atoms. The first kappa shape index (κ1) is 16.9. The van der Waals surface area contributed by atoms with Crippen molar-refractivity contribution in [3.05, 3.63) is 29.3 Å². The van der Waals surface area contributed by atoms with E-state index in [1.165, 1.54) is 18.2 Å². The number of aromatic carboxylic acids is 1. The topological polar surface area (TPSA) is 89.0 Å². The molecular weight excluding hydrogens is 207 g/mol. The van der Waals surface area contributed by atoms with Gasteiger partial charge in [-0.25, -0.2) is 4.79 Å². The van der Waals surface area contributed by atoms with Crippen molar-refractivity contribution in [2.45, 2.75) is 19.8 Å². The molecule has 1 aromatic rings. The molecule has 4 N–H and O–H groups in total. The fraction of sp³-hybridized carbons (Fsp3) is 0.300. The number of phenolic OH excluding ortho intramolecular Hbond substituents is 1. The Hall–Kier alpha value is -0.550. The molecule has 0 saturated heterocycles. The second-order valence-electron chi connectivity index (χ2n) is 2.90. The number of carboxylic acids is 1. The van der Waals surface area contributed by atoms with Crippen LogP contribution in [0, 0.1) is 0 Å². The van der Waals surface area contributed by atoms with Gasteiger partial charge in [-0.2, -0.15) is 0 Å². The van der Waals surface area contributed by atoms with Gasteiger partial charge in [0.1, 0.15) is 5.75 Å². The van der Waals surface area contributed by atoms with Crippen LogP contribution in [-0.2, 0) is 6.42 Å². The van der Waals surface area contributed by atoms with Crippen LogP contribution in [0.15, 0.2) is 18.2 Å². The van der Waals surface area contributed by atoms with Gasteiger partial charge in [0.05, 0.1) is 5.56 Å². The fourth-order valence-electron chi connectivity index (χ4n) is 1.26. The van der Waals surface area contributed by atoms with E-state index >= 15 is 0 Å². The molecular formula is C10H15NaO4. The van der Waals surface area contributed by atoms with Crippen molar-refractivity contribution < 1.29 is 20.5 Å². The van der Waals surface area contributed by atoms with E-state index in [0.29, 0.717) is 12.0 Å².